The van der Waals surface area contributed by atoms with E-state index in [-0.39, 0.29) is 5.91 Å². The number of anilines is 1. The van der Waals surface area contributed by atoms with Crippen LogP contribution in [-0.4, -0.2) is 43.2 Å². The number of aromatic nitrogens is 3. The van der Waals surface area contributed by atoms with Crippen LogP contribution in [0.15, 0.2) is 41.5 Å². The summed E-state index contributed by atoms with van der Waals surface area (Å²) in [6.45, 7) is 6.59. The molecule has 3 aromatic rings. The lowest BCUT2D eigenvalue weighted by atomic mass is 9.91. The number of rotatable bonds is 5. The van der Waals surface area contributed by atoms with Gasteiger partial charge in [0.2, 0.25) is 6.33 Å². The normalized spacial score (nSPS) is 13.1. The molecule has 7 nitrogen and oxygen atoms in total. The number of nitrogens with one attached hydrogen (secondary N) is 1. The molecule has 0 spiro atoms. The second-order valence-electron chi connectivity index (χ2n) is 7.38. The highest BCUT2D eigenvalue weighted by atomic mass is 32.1. The molecule has 142 valence electrons. The molecular weight excluding hydrogens is 372 g/mol. The lowest BCUT2D eigenvalue weighted by Crippen LogP contribution is -2.51. The summed E-state index contributed by atoms with van der Waals surface area (Å²) in [5.74, 6) is 1.05. The number of nitrogens with two attached hydrogens (primary N) is 1. The molecule has 1 aliphatic rings. The maximum Gasteiger partial charge on any atom is 0.341 e. The highest BCUT2D eigenvalue weighted by Crippen LogP contribution is 2.37. The Morgan fingerprint density at radius 3 is 2.64 bits per heavy atom. The fourth-order valence-electron chi connectivity index (χ4n) is 3.32. The van der Waals surface area contributed by atoms with Gasteiger partial charge in [0, 0.05) is 10.9 Å². The van der Waals surface area contributed by atoms with Crippen molar-refractivity contribution in [2.75, 3.05) is 12.3 Å². The van der Waals surface area contributed by atoms with Gasteiger partial charge in [-0.15, -0.1) is 11.3 Å². The largest absolute Gasteiger partial charge is 0.383 e. The number of hydrogen-bond donors (Lipinski definition) is 2. The zero-order valence-electron chi connectivity index (χ0n) is 15.9. The Bertz CT molecular complexity index is 1070. The van der Waals surface area contributed by atoms with Crippen molar-refractivity contribution >= 4 is 34.6 Å². The molecule has 1 amide bonds. The molecule has 3 N–H and O–H groups in total. The molecule has 0 fully saturated rings. The Balaban J connectivity index is 1.70. The van der Waals surface area contributed by atoms with Crippen LogP contribution in [0.4, 0.5) is 11.6 Å². The molecule has 0 radical (unpaired) electrons. The van der Waals surface area contributed by atoms with Gasteiger partial charge < -0.3 is 11.1 Å². The zero-order valence-corrected chi connectivity index (χ0v) is 16.7. The van der Waals surface area contributed by atoms with E-state index in [1.54, 1.807) is 10.9 Å². The minimum atomic E-state index is -0.431. The summed E-state index contributed by atoms with van der Waals surface area (Å²) in [6.07, 6.45) is 1.47. The van der Waals surface area contributed by atoms with Crippen molar-refractivity contribution in [2.24, 2.45) is 0 Å². The molecule has 0 bridgehead atoms. The number of hydrogen-bond acceptors (Lipinski definition) is 6. The van der Waals surface area contributed by atoms with E-state index in [0.29, 0.717) is 18.1 Å². The van der Waals surface area contributed by atoms with E-state index < -0.39 is 5.54 Å². The van der Waals surface area contributed by atoms with Crippen LogP contribution in [0.3, 0.4) is 0 Å². The van der Waals surface area contributed by atoms with Crippen LogP contribution in [0, 0.1) is 6.92 Å². The van der Waals surface area contributed by atoms with Crippen LogP contribution in [0.2, 0.25) is 0 Å². The highest BCUT2D eigenvalue weighted by molar-refractivity contribution is 7.07. The van der Waals surface area contributed by atoms with Crippen LogP contribution in [0.25, 0.3) is 0 Å². The summed E-state index contributed by atoms with van der Waals surface area (Å²) in [6, 6.07) is 8.26. The summed E-state index contributed by atoms with van der Waals surface area (Å²) >= 11 is 1.40. The van der Waals surface area contributed by atoms with E-state index in [1.807, 2.05) is 0 Å². The first kappa shape index (κ1) is 18.2. The number of nitrogen functional groups attached to an aromatic ring is 1. The molecule has 0 aliphatic carbocycles. The third-order valence-electron chi connectivity index (χ3n) is 4.81. The summed E-state index contributed by atoms with van der Waals surface area (Å²) in [5, 5.41) is 4.71. The molecule has 0 saturated heterocycles. The van der Waals surface area contributed by atoms with E-state index in [0.717, 1.165) is 22.7 Å². The van der Waals surface area contributed by atoms with Gasteiger partial charge >= 0.3 is 5.82 Å². The summed E-state index contributed by atoms with van der Waals surface area (Å²) in [4.78, 5) is 25.0. The Hall–Kier alpha value is -3.13. The number of nitrogens with zero attached hydrogens (tertiary/aromatic N) is 4. The van der Waals surface area contributed by atoms with E-state index in [1.165, 1.54) is 23.2 Å². The first-order valence-corrected chi connectivity index (χ1v) is 9.84. The van der Waals surface area contributed by atoms with E-state index >= 15 is 0 Å². The number of fused-ring (bicyclic) bond motifs is 1. The molecule has 2 aromatic heterocycles. The minimum Gasteiger partial charge on any atom is -0.383 e. The number of benzene rings is 1. The smallest absolute Gasteiger partial charge is 0.341 e. The van der Waals surface area contributed by atoms with Crippen molar-refractivity contribution in [2.45, 2.75) is 26.3 Å². The predicted octanol–water partition coefficient (Wildman–Crippen LogP) is 2.53. The standard InChI is InChI=1S/C20H20N6OS/c1-12-4-6-13(7-5-12)16-15-17(21)23-10-24-18(15)26(16)20(2,3)9-22-19(27)14-8-28-11-25-14/h4-8,10-11,21H,9H2,1-3H3,(H,22,27)/p+1. The molecule has 28 heavy (non-hydrogen) atoms. The first-order chi connectivity index (χ1) is 13.4. The average molecular weight is 393 g/mol. The maximum atomic E-state index is 12.3. The van der Waals surface area contributed by atoms with Gasteiger partial charge in [0.15, 0.2) is 11.3 Å². The molecule has 8 heteroatoms. The van der Waals surface area contributed by atoms with Gasteiger partial charge in [-0.2, -0.15) is 4.98 Å². The fourth-order valence-corrected chi connectivity index (χ4v) is 3.85. The van der Waals surface area contributed by atoms with Crippen molar-refractivity contribution in [3.63, 3.8) is 0 Å². The molecule has 0 unspecified atom stereocenters. The van der Waals surface area contributed by atoms with Crippen LogP contribution in [-0.2, 0) is 0 Å². The SMILES string of the molecule is Cc1ccc(C2=[N+](C(C)(C)CNC(=O)c3cscn3)c3ncnc(N)c32)cc1. The van der Waals surface area contributed by atoms with Crippen LogP contribution < -0.4 is 11.1 Å². The first-order valence-electron chi connectivity index (χ1n) is 8.90. The minimum absolute atomic E-state index is 0.186. The van der Waals surface area contributed by atoms with E-state index in [4.69, 9.17) is 5.73 Å². The predicted molar refractivity (Wildman–Crippen MR) is 109 cm³/mol. The molecule has 1 aliphatic heterocycles. The van der Waals surface area contributed by atoms with E-state index in [2.05, 4.69) is 69.9 Å². The molecule has 0 saturated carbocycles. The lowest BCUT2D eigenvalue weighted by Gasteiger charge is -2.33. The summed E-state index contributed by atoms with van der Waals surface area (Å²) in [5.41, 5.74) is 11.8. The van der Waals surface area contributed by atoms with Gasteiger partial charge in [-0.1, -0.05) is 29.8 Å². The van der Waals surface area contributed by atoms with Gasteiger partial charge in [-0.05, 0) is 25.8 Å². The number of carbonyl (C=O) groups is 1. The molecule has 0 atom stereocenters. The Morgan fingerprint density at radius 2 is 1.96 bits per heavy atom. The average Bonchev–Trinajstić information content (AvgIpc) is 3.17. The van der Waals surface area contributed by atoms with Crippen molar-refractivity contribution in [3.8, 4) is 0 Å². The van der Waals surface area contributed by atoms with Crippen LogP contribution in [0.1, 0.15) is 41.0 Å². The molecular formula is C20H21N6OS+. The number of thiazole rings is 1. The van der Waals surface area contributed by atoms with Gasteiger partial charge in [-0.25, -0.2) is 9.56 Å². The maximum absolute atomic E-state index is 12.3. The van der Waals surface area contributed by atoms with Crippen molar-refractivity contribution in [1.29, 1.82) is 0 Å². The third-order valence-corrected chi connectivity index (χ3v) is 5.39. The quantitative estimate of drug-likeness (QED) is 0.649. The van der Waals surface area contributed by atoms with Gasteiger partial charge in [-0.3, -0.25) is 4.79 Å². The lowest BCUT2D eigenvalue weighted by molar-refractivity contribution is -0.535. The molecule has 3 heterocycles. The number of carbonyl (C=O) groups excluding carboxylic acids is 1. The van der Waals surface area contributed by atoms with Crippen LogP contribution >= 0.6 is 11.3 Å². The van der Waals surface area contributed by atoms with Crippen molar-refractivity contribution < 1.29 is 9.37 Å². The zero-order chi connectivity index (χ0) is 19.9. The Kier molecular flexibility index (Phi) is 4.43. The topological polar surface area (TPSA) is 96.8 Å². The number of aryl methyl sites for hydroxylation is 1. The van der Waals surface area contributed by atoms with Crippen LogP contribution in [0.5, 0.6) is 0 Å². The monoisotopic (exact) mass is 393 g/mol. The van der Waals surface area contributed by atoms with Gasteiger partial charge in [0.25, 0.3) is 5.91 Å². The Labute approximate surface area is 167 Å². The number of amides is 1. The highest BCUT2D eigenvalue weighted by Gasteiger charge is 2.46. The van der Waals surface area contributed by atoms with Gasteiger partial charge in [0.1, 0.15) is 17.1 Å². The third kappa shape index (κ3) is 3.05. The van der Waals surface area contributed by atoms with E-state index in [9.17, 15) is 4.79 Å². The Morgan fingerprint density at radius 1 is 1.21 bits per heavy atom. The fraction of sp³-hybridized carbons (Fsp3) is 0.250. The van der Waals surface area contributed by atoms with Gasteiger partial charge in [0.05, 0.1) is 12.1 Å². The molecule has 4 rings (SSSR count). The summed E-state index contributed by atoms with van der Waals surface area (Å²) < 4.78 is 2.12. The summed E-state index contributed by atoms with van der Waals surface area (Å²) in [7, 11) is 0. The second-order valence-corrected chi connectivity index (χ2v) is 8.10. The van der Waals surface area contributed by atoms with Crippen molar-refractivity contribution in [3.05, 3.63) is 63.9 Å². The van der Waals surface area contributed by atoms with Crippen molar-refractivity contribution in [1.82, 2.24) is 20.3 Å². The molecule has 1 aromatic carbocycles. The second kappa shape index (κ2) is 6.79.